The average molecular weight is 557 g/mol. The van der Waals surface area contributed by atoms with Crippen molar-refractivity contribution >= 4 is 23.9 Å². The van der Waals surface area contributed by atoms with Crippen LogP contribution in [-0.2, 0) is 23.9 Å². The molecule has 3 aromatic rings. The number of rotatable bonds is 11. The van der Waals surface area contributed by atoms with Crippen molar-refractivity contribution in [1.29, 1.82) is 0 Å². The quantitative estimate of drug-likeness (QED) is 0.137. The topological polar surface area (TPSA) is 114 Å². The van der Waals surface area contributed by atoms with Gasteiger partial charge in [0.1, 0.15) is 30.5 Å². The second-order valence-electron chi connectivity index (χ2n) is 9.10. The second-order valence-corrected chi connectivity index (χ2v) is 9.10. The van der Waals surface area contributed by atoms with E-state index in [4.69, 9.17) is 18.9 Å². The third-order valence-corrected chi connectivity index (χ3v) is 6.42. The van der Waals surface area contributed by atoms with Crippen LogP contribution in [0.25, 0.3) is 11.1 Å². The lowest BCUT2D eigenvalue weighted by Crippen LogP contribution is -2.14. The summed E-state index contributed by atoms with van der Waals surface area (Å²) < 4.78 is 26.0. The number of carbonyl (C=O) groups is 4. The molecule has 4 rings (SSSR count). The molecule has 0 heterocycles. The van der Waals surface area contributed by atoms with E-state index in [-0.39, 0.29) is 31.1 Å². The molecule has 210 valence electrons. The number of hydrogen-bond donors (Lipinski definition) is 0. The third kappa shape index (κ3) is 6.88. The van der Waals surface area contributed by atoms with Gasteiger partial charge in [-0.15, -0.1) is 0 Å². The van der Waals surface area contributed by atoms with Gasteiger partial charge in [-0.3, -0.25) is 4.79 Å². The molecule has 1 aliphatic carbocycles. The summed E-state index contributed by atoms with van der Waals surface area (Å²) in [5.41, 5.74) is 4.21. The molecule has 0 radical (unpaired) electrons. The van der Waals surface area contributed by atoms with Crippen molar-refractivity contribution in [2.75, 3.05) is 20.3 Å². The average Bonchev–Trinajstić information content (AvgIpc) is 3.25. The summed E-state index contributed by atoms with van der Waals surface area (Å²) in [4.78, 5) is 47.6. The van der Waals surface area contributed by atoms with Crippen LogP contribution in [0.1, 0.15) is 40.7 Å². The van der Waals surface area contributed by atoms with Crippen LogP contribution in [0.4, 0.5) is 0 Å². The molecule has 0 fully saturated rings. The van der Waals surface area contributed by atoms with Crippen molar-refractivity contribution in [1.82, 2.24) is 0 Å². The Bertz CT molecular complexity index is 1520. The molecule has 0 saturated carbocycles. The van der Waals surface area contributed by atoms with Gasteiger partial charge >= 0.3 is 23.9 Å². The number of carbonyl (C=O) groups excluding carboxylic acids is 4. The fourth-order valence-electron chi connectivity index (χ4n) is 4.29. The molecule has 9 nitrogen and oxygen atoms in total. The molecule has 1 aliphatic rings. The molecule has 3 aromatic carbocycles. The summed E-state index contributed by atoms with van der Waals surface area (Å²) in [5, 5.41) is 0. The van der Waals surface area contributed by atoms with Gasteiger partial charge in [-0.05, 0) is 70.8 Å². The van der Waals surface area contributed by atoms with E-state index < -0.39 is 23.9 Å². The predicted molar refractivity (Wildman–Crippen MR) is 149 cm³/mol. The van der Waals surface area contributed by atoms with Crippen LogP contribution >= 0.6 is 0 Å². The van der Waals surface area contributed by atoms with Gasteiger partial charge in [-0.1, -0.05) is 32.2 Å². The van der Waals surface area contributed by atoms with E-state index >= 15 is 0 Å². The zero-order chi connectivity index (χ0) is 29.5. The molecular weight excluding hydrogens is 528 g/mol. The first-order chi connectivity index (χ1) is 19.7. The van der Waals surface area contributed by atoms with Gasteiger partial charge in [0.15, 0.2) is 0 Å². The smallest absolute Gasteiger partial charge is 0.343 e. The fourth-order valence-corrected chi connectivity index (χ4v) is 4.29. The summed E-state index contributed by atoms with van der Waals surface area (Å²) in [6.45, 7) is 9.17. The Morgan fingerprint density at radius 1 is 0.829 bits per heavy atom. The highest BCUT2D eigenvalue weighted by Gasteiger charge is 2.27. The van der Waals surface area contributed by atoms with Crippen molar-refractivity contribution < 1.29 is 42.9 Å². The van der Waals surface area contributed by atoms with E-state index in [9.17, 15) is 19.2 Å². The van der Waals surface area contributed by atoms with E-state index in [0.717, 1.165) is 28.3 Å². The Kier molecular flexibility index (Phi) is 8.98. The van der Waals surface area contributed by atoms with Crippen LogP contribution in [0.3, 0.4) is 0 Å². The van der Waals surface area contributed by atoms with Crippen LogP contribution in [0.5, 0.6) is 17.2 Å². The van der Waals surface area contributed by atoms with Crippen molar-refractivity contribution in [2.24, 2.45) is 0 Å². The Morgan fingerprint density at radius 3 is 2.00 bits per heavy atom. The first-order valence-electron chi connectivity index (χ1n) is 12.7. The summed E-state index contributed by atoms with van der Waals surface area (Å²) in [6, 6.07) is 17.2. The zero-order valence-corrected chi connectivity index (χ0v) is 22.6. The van der Waals surface area contributed by atoms with Gasteiger partial charge < -0.3 is 23.7 Å². The monoisotopic (exact) mass is 556 g/mol. The van der Waals surface area contributed by atoms with Gasteiger partial charge in [0.2, 0.25) is 0 Å². The van der Waals surface area contributed by atoms with Crippen LogP contribution in [-0.4, -0.2) is 44.2 Å². The second kappa shape index (κ2) is 12.8. The number of hydrogen-bond acceptors (Lipinski definition) is 9. The van der Waals surface area contributed by atoms with Gasteiger partial charge in [0, 0.05) is 17.6 Å². The lowest BCUT2D eigenvalue weighted by molar-refractivity contribution is -0.141. The third-order valence-electron chi connectivity index (χ3n) is 6.42. The standard InChI is InChI=1S/C32H28O9/c1-5-29(33)39-15-14-38-22-8-6-21(7-9-22)32(36)41-24-11-13-26-25-12-10-23(17-27(25)20(3)28(26)18-24)40-31(35)19(2)16-30(34)37-4/h5-13,17-18,20H,1-2,14-16H2,3-4H3. The summed E-state index contributed by atoms with van der Waals surface area (Å²) in [5.74, 6) is -1.16. The molecule has 0 amide bonds. The van der Waals surface area contributed by atoms with E-state index in [1.165, 1.54) is 7.11 Å². The maximum absolute atomic E-state index is 12.8. The molecule has 0 bridgehead atoms. The van der Waals surface area contributed by atoms with E-state index in [0.29, 0.717) is 22.8 Å². The molecule has 1 unspecified atom stereocenters. The van der Waals surface area contributed by atoms with E-state index in [2.05, 4.69) is 17.9 Å². The number of esters is 4. The fraction of sp³-hybridized carbons (Fsp3) is 0.188. The first kappa shape index (κ1) is 28.8. The molecule has 0 aliphatic heterocycles. The van der Waals surface area contributed by atoms with Crippen molar-refractivity contribution in [3.05, 3.63) is 102 Å². The van der Waals surface area contributed by atoms with E-state index in [1.54, 1.807) is 42.5 Å². The molecule has 0 saturated heterocycles. The van der Waals surface area contributed by atoms with Crippen LogP contribution in [0.15, 0.2) is 85.5 Å². The highest BCUT2D eigenvalue weighted by Crippen LogP contribution is 2.47. The van der Waals surface area contributed by atoms with Gasteiger partial charge in [-0.25, -0.2) is 14.4 Å². The zero-order valence-electron chi connectivity index (χ0n) is 22.6. The summed E-state index contributed by atoms with van der Waals surface area (Å²) in [7, 11) is 1.23. The minimum Gasteiger partial charge on any atom is -0.490 e. The maximum atomic E-state index is 12.8. The van der Waals surface area contributed by atoms with Crippen molar-refractivity contribution in [3.8, 4) is 28.4 Å². The van der Waals surface area contributed by atoms with Crippen molar-refractivity contribution in [2.45, 2.75) is 19.3 Å². The van der Waals surface area contributed by atoms with Crippen LogP contribution in [0, 0.1) is 0 Å². The molecular formula is C32H28O9. The highest BCUT2D eigenvalue weighted by atomic mass is 16.6. The minimum absolute atomic E-state index is 0.00570. The van der Waals surface area contributed by atoms with Crippen LogP contribution in [0.2, 0.25) is 0 Å². The molecule has 1 atom stereocenters. The SMILES string of the molecule is C=CC(=O)OCCOc1ccc(C(=O)Oc2ccc3c(c2)C(C)c2cc(OC(=O)C(=C)CC(=O)OC)ccc2-3)cc1. The first-order valence-corrected chi connectivity index (χ1v) is 12.7. The Labute approximate surface area is 236 Å². The Balaban J connectivity index is 1.38. The maximum Gasteiger partial charge on any atom is 0.343 e. The molecule has 41 heavy (non-hydrogen) atoms. The number of ether oxygens (including phenoxy) is 5. The lowest BCUT2D eigenvalue weighted by Gasteiger charge is -2.11. The Hall–Kier alpha value is -5.18. The number of fused-ring (bicyclic) bond motifs is 3. The highest BCUT2D eigenvalue weighted by molar-refractivity contribution is 5.95. The van der Waals surface area contributed by atoms with Crippen LogP contribution < -0.4 is 14.2 Å². The predicted octanol–water partition coefficient (Wildman–Crippen LogP) is 5.17. The lowest BCUT2D eigenvalue weighted by atomic mass is 9.99. The minimum atomic E-state index is -0.707. The normalized spacial score (nSPS) is 12.8. The molecule has 0 N–H and O–H groups in total. The molecule has 0 aromatic heterocycles. The largest absolute Gasteiger partial charge is 0.490 e. The number of methoxy groups -OCH3 is 1. The van der Waals surface area contributed by atoms with Crippen molar-refractivity contribution in [3.63, 3.8) is 0 Å². The molecule has 0 spiro atoms. The van der Waals surface area contributed by atoms with Gasteiger partial charge in [0.25, 0.3) is 0 Å². The van der Waals surface area contributed by atoms with Gasteiger partial charge in [0.05, 0.1) is 19.1 Å². The summed E-state index contributed by atoms with van der Waals surface area (Å²) in [6.07, 6.45) is 0.822. The Morgan fingerprint density at radius 2 is 1.41 bits per heavy atom. The van der Waals surface area contributed by atoms with E-state index in [1.807, 2.05) is 25.1 Å². The number of benzene rings is 3. The van der Waals surface area contributed by atoms with Gasteiger partial charge in [-0.2, -0.15) is 0 Å². The summed E-state index contributed by atoms with van der Waals surface area (Å²) >= 11 is 0. The molecule has 9 heteroatoms.